The number of aromatic amines is 1. The van der Waals surface area contributed by atoms with Crippen LogP contribution < -0.4 is 4.72 Å². The van der Waals surface area contributed by atoms with Gasteiger partial charge in [0.2, 0.25) is 0 Å². The van der Waals surface area contributed by atoms with Gasteiger partial charge in [0.25, 0.3) is 15.9 Å². The van der Waals surface area contributed by atoms with E-state index in [0.717, 1.165) is 21.9 Å². The van der Waals surface area contributed by atoms with E-state index >= 15 is 0 Å². The maximum atomic E-state index is 12.1. The van der Waals surface area contributed by atoms with Crippen molar-refractivity contribution < 1.29 is 13.2 Å². The number of rotatable bonds is 4. The van der Waals surface area contributed by atoms with E-state index < -0.39 is 15.9 Å². The summed E-state index contributed by atoms with van der Waals surface area (Å²) in [5, 5.41) is 1.82. The molecule has 1 amide bonds. The fourth-order valence-electron chi connectivity index (χ4n) is 2.15. The molecule has 1 heterocycles. The van der Waals surface area contributed by atoms with E-state index in [9.17, 15) is 13.2 Å². The highest BCUT2D eigenvalue weighted by molar-refractivity contribution is 7.93. The lowest BCUT2D eigenvalue weighted by atomic mass is 10.2. The maximum Gasteiger partial charge on any atom is 0.281 e. The molecule has 5 nitrogen and oxygen atoms in total. The predicted octanol–water partition coefficient (Wildman–Crippen LogP) is 2.90. The van der Waals surface area contributed by atoms with Gasteiger partial charge in [-0.15, -0.1) is 0 Å². The number of hydrogen-bond donors (Lipinski definition) is 2. The Morgan fingerprint density at radius 3 is 2.43 bits per heavy atom. The molecule has 0 unspecified atom stereocenters. The molecule has 3 rings (SSSR count). The van der Waals surface area contributed by atoms with Gasteiger partial charge in [0.05, 0.1) is 5.41 Å². The number of carbonyl (C=O) groups is 1. The average molecular weight is 326 g/mol. The molecular formula is C17H14N2O3S. The van der Waals surface area contributed by atoms with E-state index in [-0.39, 0.29) is 5.69 Å². The van der Waals surface area contributed by atoms with E-state index in [1.165, 1.54) is 6.08 Å². The Bertz CT molecular complexity index is 940. The molecule has 2 aromatic carbocycles. The molecule has 116 valence electrons. The number of nitrogens with one attached hydrogen (secondary N) is 2. The second-order valence-corrected chi connectivity index (χ2v) is 6.53. The normalized spacial score (nSPS) is 11.8. The summed E-state index contributed by atoms with van der Waals surface area (Å²) in [6.07, 6.45) is 1.43. The number of aromatic nitrogens is 1. The number of fused-ring (bicyclic) bond motifs is 1. The summed E-state index contributed by atoms with van der Waals surface area (Å²) in [5.74, 6) is -0.695. The summed E-state index contributed by atoms with van der Waals surface area (Å²) in [5.41, 5.74) is 1.70. The molecule has 1 aromatic heterocycles. The maximum absolute atomic E-state index is 12.1. The molecule has 0 saturated heterocycles. The smallest absolute Gasteiger partial charge is 0.281 e. The minimum Gasteiger partial charge on any atom is -0.351 e. The Labute approximate surface area is 133 Å². The molecule has 0 aliphatic rings. The largest absolute Gasteiger partial charge is 0.351 e. The SMILES string of the molecule is O=C(NS(=O)(=O)C=Cc1ccccc1)c1cc2ccccc2[nH]1. The van der Waals surface area contributed by atoms with Crippen molar-refractivity contribution in [3.05, 3.63) is 77.3 Å². The Balaban J connectivity index is 1.77. The second kappa shape index (κ2) is 6.10. The van der Waals surface area contributed by atoms with Crippen molar-refractivity contribution >= 4 is 32.9 Å². The summed E-state index contributed by atoms with van der Waals surface area (Å²) in [6, 6.07) is 17.9. The highest BCUT2D eigenvalue weighted by Crippen LogP contribution is 2.14. The first-order chi connectivity index (χ1) is 11.0. The van der Waals surface area contributed by atoms with Crippen LogP contribution in [0.3, 0.4) is 0 Å². The van der Waals surface area contributed by atoms with E-state index in [4.69, 9.17) is 0 Å². The standard InChI is InChI=1S/C17H14N2O3S/c20-17(16-12-14-8-4-5-9-15(14)18-16)19-23(21,22)11-10-13-6-2-1-3-7-13/h1-12,18H,(H,19,20). The molecule has 0 atom stereocenters. The van der Waals surface area contributed by atoms with Crippen LogP contribution in [0.15, 0.2) is 66.1 Å². The number of H-pyrrole nitrogens is 1. The molecule has 0 aliphatic heterocycles. The van der Waals surface area contributed by atoms with Crippen LogP contribution in [0.5, 0.6) is 0 Å². The van der Waals surface area contributed by atoms with Gasteiger partial charge in [-0.1, -0.05) is 48.5 Å². The first-order valence-electron chi connectivity index (χ1n) is 6.91. The van der Waals surface area contributed by atoms with Gasteiger partial charge < -0.3 is 4.98 Å². The lowest BCUT2D eigenvalue weighted by Gasteiger charge is -2.01. The molecule has 0 aliphatic carbocycles. The molecule has 3 aromatic rings. The first-order valence-corrected chi connectivity index (χ1v) is 8.46. The lowest BCUT2D eigenvalue weighted by molar-refractivity contribution is 0.0978. The third-order valence-electron chi connectivity index (χ3n) is 3.25. The lowest BCUT2D eigenvalue weighted by Crippen LogP contribution is -2.29. The Kier molecular flexibility index (Phi) is 3.99. The van der Waals surface area contributed by atoms with E-state index in [2.05, 4.69) is 4.98 Å². The zero-order valence-corrected chi connectivity index (χ0v) is 12.9. The number of para-hydroxylation sites is 1. The van der Waals surface area contributed by atoms with E-state index in [1.54, 1.807) is 30.3 Å². The Hall–Kier alpha value is -2.86. The molecule has 0 fully saturated rings. The predicted molar refractivity (Wildman–Crippen MR) is 90.2 cm³/mol. The van der Waals surface area contributed by atoms with Crippen LogP contribution in [-0.2, 0) is 10.0 Å². The van der Waals surface area contributed by atoms with Gasteiger partial charge in [-0.2, -0.15) is 0 Å². The van der Waals surface area contributed by atoms with Crippen molar-refractivity contribution in [1.82, 2.24) is 9.71 Å². The average Bonchev–Trinajstić information content (AvgIpc) is 2.98. The molecule has 0 spiro atoms. The fraction of sp³-hybridized carbons (Fsp3) is 0. The number of carbonyl (C=O) groups excluding carboxylic acids is 1. The second-order valence-electron chi connectivity index (χ2n) is 4.96. The van der Waals surface area contributed by atoms with Gasteiger partial charge in [-0.05, 0) is 23.8 Å². The van der Waals surface area contributed by atoms with Crippen molar-refractivity contribution in [2.75, 3.05) is 0 Å². The van der Waals surface area contributed by atoms with E-state index in [1.807, 2.05) is 35.1 Å². The monoisotopic (exact) mass is 326 g/mol. The number of sulfonamides is 1. The van der Waals surface area contributed by atoms with Gasteiger partial charge in [0.15, 0.2) is 0 Å². The molecule has 0 radical (unpaired) electrons. The third-order valence-corrected chi connectivity index (χ3v) is 4.21. The van der Waals surface area contributed by atoms with Crippen LogP contribution in [0.4, 0.5) is 0 Å². The number of amides is 1. The minimum atomic E-state index is -3.86. The van der Waals surface area contributed by atoms with Crippen molar-refractivity contribution in [3.63, 3.8) is 0 Å². The molecule has 0 saturated carbocycles. The third kappa shape index (κ3) is 3.67. The van der Waals surface area contributed by atoms with Crippen molar-refractivity contribution in [2.24, 2.45) is 0 Å². The van der Waals surface area contributed by atoms with Crippen LogP contribution >= 0.6 is 0 Å². The van der Waals surface area contributed by atoms with Gasteiger partial charge in [0.1, 0.15) is 5.69 Å². The Morgan fingerprint density at radius 1 is 1.00 bits per heavy atom. The van der Waals surface area contributed by atoms with Crippen molar-refractivity contribution in [2.45, 2.75) is 0 Å². The zero-order valence-electron chi connectivity index (χ0n) is 12.1. The Morgan fingerprint density at radius 2 is 1.70 bits per heavy atom. The summed E-state index contributed by atoms with van der Waals surface area (Å²) in [4.78, 5) is 15.0. The van der Waals surface area contributed by atoms with Gasteiger partial charge >= 0.3 is 0 Å². The van der Waals surface area contributed by atoms with Crippen molar-refractivity contribution in [3.8, 4) is 0 Å². The van der Waals surface area contributed by atoms with Crippen molar-refractivity contribution in [1.29, 1.82) is 0 Å². The topological polar surface area (TPSA) is 79.0 Å². The van der Waals surface area contributed by atoms with Gasteiger partial charge in [-0.3, -0.25) is 4.79 Å². The van der Waals surface area contributed by atoms with Gasteiger partial charge in [-0.25, -0.2) is 13.1 Å². The molecule has 0 bridgehead atoms. The van der Waals surface area contributed by atoms with Crippen LogP contribution in [-0.4, -0.2) is 19.3 Å². The van der Waals surface area contributed by atoms with Crippen LogP contribution in [0.1, 0.15) is 16.1 Å². The molecular weight excluding hydrogens is 312 g/mol. The highest BCUT2D eigenvalue weighted by atomic mass is 32.2. The highest BCUT2D eigenvalue weighted by Gasteiger charge is 2.15. The van der Waals surface area contributed by atoms with Crippen LogP contribution in [0.2, 0.25) is 0 Å². The van der Waals surface area contributed by atoms with Crippen LogP contribution in [0, 0.1) is 0 Å². The number of benzene rings is 2. The zero-order chi connectivity index (χ0) is 16.3. The summed E-state index contributed by atoms with van der Waals surface area (Å²) in [6.45, 7) is 0. The quantitative estimate of drug-likeness (QED) is 0.774. The number of hydrogen-bond acceptors (Lipinski definition) is 3. The first kappa shape index (κ1) is 15.1. The summed E-state index contributed by atoms with van der Waals surface area (Å²) in [7, 11) is -3.86. The van der Waals surface area contributed by atoms with Gasteiger partial charge in [0, 0.05) is 10.9 Å². The molecule has 23 heavy (non-hydrogen) atoms. The van der Waals surface area contributed by atoms with Crippen LogP contribution in [0.25, 0.3) is 17.0 Å². The minimum absolute atomic E-state index is 0.197. The fourth-order valence-corrected chi connectivity index (χ4v) is 2.92. The molecule has 2 N–H and O–H groups in total. The molecule has 6 heteroatoms. The summed E-state index contributed by atoms with van der Waals surface area (Å²) >= 11 is 0. The van der Waals surface area contributed by atoms with E-state index in [0.29, 0.717) is 0 Å². The summed E-state index contributed by atoms with van der Waals surface area (Å²) < 4.78 is 26.0.